The zero-order chi connectivity index (χ0) is 20.0. The Labute approximate surface area is 163 Å². The highest BCUT2D eigenvalue weighted by atomic mass is 35.5. The van der Waals surface area contributed by atoms with Crippen LogP contribution in [0.4, 0.5) is 11.5 Å². The number of aromatic nitrogens is 1. The van der Waals surface area contributed by atoms with Gasteiger partial charge in [0.05, 0.1) is 20.5 Å². The number of ether oxygens (including phenoxy) is 1. The Balaban J connectivity index is 1.93. The predicted octanol–water partition coefficient (Wildman–Crippen LogP) is 3.80. The van der Waals surface area contributed by atoms with Crippen molar-refractivity contribution >= 4 is 52.7 Å². The van der Waals surface area contributed by atoms with Crippen LogP contribution >= 0.6 is 23.2 Å². The molecule has 140 valence electrons. The fourth-order valence-electron chi connectivity index (χ4n) is 1.95. The van der Waals surface area contributed by atoms with Crippen molar-refractivity contribution in [1.82, 2.24) is 4.98 Å². The first-order valence-corrected chi connectivity index (χ1v) is 8.24. The summed E-state index contributed by atoms with van der Waals surface area (Å²) in [4.78, 5) is 37.8. The Kier molecular flexibility index (Phi) is 6.86. The van der Waals surface area contributed by atoms with E-state index in [0.29, 0.717) is 10.6 Å². The summed E-state index contributed by atoms with van der Waals surface area (Å²) in [5.41, 5.74) is 0.627. The number of carbonyl (C=O) groups excluding carboxylic acids is 2. The van der Waals surface area contributed by atoms with Crippen molar-refractivity contribution in [2.24, 2.45) is 0 Å². The summed E-state index contributed by atoms with van der Waals surface area (Å²) in [5, 5.41) is 13.8. The van der Waals surface area contributed by atoms with Crippen molar-refractivity contribution in [2.75, 3.05) is 11.9 Å². The number of pyridine rings is 1. The van der Waals surface area contributed by atoms with Gasteiger partial charge in [0.1, 0.15) is 0 Å². The van der Waals surface area contributed by atoms with Gasteiger partial charge in [-0.05, 0) is 24.6 Å². The Morgan fingerprint density at radius 2 is 2.04 bits per heavy atom. The number of para-hydroxylation sites is 1. The average Bonchev–Trinajstić information content (AvgIpc) is 2.65. The van der Waals surface area contributed by atoms with Gasteiger partial charge >= 0.3 is 5.97 Å². The van der Waals surface area contributed by atoms with E-state index in [1.807, 2.05) is 0 Å². The van der Waals surface area contributed by atoms with E-state index in [0.717, 1.165) is 6.08 Å². The number of esters is 1. The molecule has 1 aromatic carbocycles. The lowest BCUT2D eigenvalue weighted by Crippen LogP contribution is -2.21. The molecule has 8 nitrogen and oxygen atoms in total. The van der Waals surface area contributed by atoms with Gasteiger partial charge in [0.2, 0.25) is 0 Å². The number of halogens is 2. The third-order valence-electron chi connectivity index (χ3n) is 3.34. The molecule has 2 aromatic rings. The molecule has 0 aliphatic carbocycles. The molecular weight excluding hydrogens is 397 g/mol. The van der Waals surface area contributed by atoms with Crippen molar-refractivity contribution in [3.63, 3.8) is 0 Å². The number of benzene rings is 1. The Morgan fingerprint density at radius 1 is 1.33 bits per heavy atom. The van der Waals surface area contributed by atoms with E-state index in [9.17, 15) is 19.7 Å². The lowest BCUT2D eigenvalue weighted by Gasteiger charge is -2.09. The second kappa shape index (κ2) is 9.11. The second-order valence-corrected chi connectivity index (χ2v) is 5.98. The number of hydrogen-bond donors (Lipinski definition) is 1. The van der Waals surface area contributed by atoms with Crippen LogP contribution < -0.4 is 5.32 Å². The first-order valence-electron chi connectivity index (χ1n) is 7.48. The normalized spacial score (nSPS) is 10.6. The van der Waals surface area contributed by atoms with Crippen LogP contribution in [0.2, 0.25) is 10.0 Å². The van der Waals surface area contributed by atoms with Crippen molar-refractivity contribution < 1.29 is 19.2 Å². The summed E-state index contributed by atoms with van der Waals surface area (Å²) in [6.07, 6.45) is 3.56. The maximum absolute atomic E-state index is 11.8. The van der Waals surface area contributed by atoms with Crippen LogP contribution in [-0.4, -0.2) is 28.4 Å². The molecule has 0 spiro atoms. The van der Waals surface area contributed by atoms with Crippen molar-refractivity contribution in [2.45, 2.75) is 6.92 Å². The molecule has 2 rings (SSSR count). The number of nitrogens with zero attached hydrogens (tertiary/aromatic N) is 2. The van der Waals surface area contributed by atoms with Crippen LogP contribution in [0.1, 0.15) is 11.1 Å². The van der Waals surface area contributed by atoms with Gasteiger partial charge in [-0.2, -0.15) is 0 Å². The molecule has 0 aliphatic heterocycles. The summed E-state index contributed by atoms with van der Waals surface area (Å²) < 4.78 is 4.79. The van der Waals surface area contributed by atoms with Crippen molar-refractivity contribution in [1.29, 1.82) is 0 Å². The van der Waals surface area contributed by atoms with Crippen LogP contribution in [-0.2, 0) is 14.3 Å². The fourth-order valence-corrected chi connectivity index (χ4v) is 2.34. The minimum Gasteiger partial charge on any atom is -0.452 e. The Hall–Kier alpha value is -2.97. The SMILES string of the molecule is Cc1c(Cl)cnc(NC(=O)COC(=O)C=Cc2ccccc2[N+](=O)[O-])c1Cl. The zero-order valence-electron chi connectivity index (χ0n) is 13.9. The lowest BCUT2D eigenvalue weighted by molar-refractivity contribution is -0.385. The van der Waals surface area contributed by atoms with Gasteiger partial charge in [-0.15, -0.1) is 0 Å². The quantitative estimate of drug-likeness (QED) is 0.336. The molecule has 1 aromatic heterocycles. The van der Waals surface area contributed by atoms with Crippen LogP contribution in [0.25, 0.3) is 6.08 Å². The van der Waals surface area contributed by atoms with Gasteiger partial charge in [-0.3, -0.25) is 14.9 Å². The topological polar surface area (TPSA) is 111 Å². The van der Waals surface area contributed by atoms with E-state index in [4.69, 9.17) is 27.9 Å². The molecule has 0 atom stereocenters. The number of nitro benzene ring substituents is 1. The smallest absolute Gasteiger partial charge is 0.331 e. The number of rotatable bonds is 6. The molecule has 0 aliphatic rings. The minimum atomic E-state index is -0.838. The van der Waals surface area contributed by atoms with Crippen LogP contribution in [0.5, 0.6) is 0 Å². The molecule has 1 amide bonds. The predicted molar refractivity (Wildman–Crippen MR) is 101 cm³/mol. The second-order valence-electron chi connectivity index (χ2n) is 5.20. The summed E-state index contributed by atoms with van der Waals surface area (Å²) in [7, 11) is 0. The minimum absolute atomic E-state index is 0.0927. The molecule has 0 radical (unpaired) electrons. The molecule has 0 bridgehead atoms. The molecule has 1 heterocycles. The standard InChI is InChI=1S/C17H13Cl2N3O5/c1-10-12(18)8-20-17(16(10)19)21-14(23)9-27-15(24)7-6-11-4-2-3-5-13(11)22(25)26/h2-8H,9H2,1H3,(H,20,21,23). The van der Waals surface area contributed by atoms with Crippen molar-refractivity contribution in [3.8, 4) is 0 Å². The van der Waals surface area contributed by atoms with E-state index in [-0.39, 0.29) is 22.1 Å². The molecule has 10 heteroatoms. The van der Waals surface area contributed by atoms with Gasteiger partial charge in [-0.1, -0.05) is 35.3 Å². The molecule has 0 fully saturated rings. The van der Waals surface area contributed by atoms with Gasteiger partial charge in [0.15, 0.2) is 12.4 Å². The summed E-state index contributed by atoms with van der Waals surface area (Å²) in [6.45, 7) is 1.08. The largest absolute Gasteiger partial charge is 0.452 e. The number of hydrogen-bond acceptors (Lipinski definition) is 6. The summed E-state index contributed by atoms with van der Waals surface area (Å²) in [5.74, 6) is -1.40. The van der Waals surface area contributed by atoms with Gasteiger partial charge < -0.3 is 10.1 Å². The van der Waals surface area contributed by atoms with Gasteiger partial charge in [0.25, 0.3) is 11.6 Å². The zero-order valence-corrected chi connectivity index (χ0v) is 15.5. The maximum atomic E-state index is 11.8. The molecular formula is C17H13Cl2N3O5. The van der Waals surface area contributed by atoms with Crippen LogP contribution in [0.15, 0.2) is 36.5 Å². The molecule has 0 saturated heterocycles. The number of amides is 1. The highest BCUT2D eigenvalue weighted by molar-refractivity contribution is 6.37. The Morgan fingerprint density at radius 3 is 2.74 bits per heavy atom. The molecule has 1 N–H and O–H groups in total. The Bertz CT molecular complexity index is 931. The van der Waals surface area contributed by atoms with E-state index in [1.165, 1.54) is 30.5 Å². The van der Waals surface area contributed by atoms with E-state index < -0.39 is 23.4 Å². The molecule has 0 unspecified atom stereocenters. The average molecular weight is 410 g/mol. The van der Waals surface area contributed by atoms with E-state index >= 15 is 0 Å². The summed E-state index contributed by atoms with van der Waals surface area (Å²) >= 11 is 11.9. The number of carbonyl (C=O) groups is 2. The highest BCUT2D eigenvalue weighted by Gasteiger charge is 2.13. The van der Waals surface area contributed by atoms with Gasteiger partial charge in [-0.25, -0.2) is 9.78 Å². The lowest BCUT2D eigenvalue weighted by atomic mass is 10.1. The number of anilines is 1. The van der Waals surface area contributed by atoms with Crippen LogP contribution in [0.3, 0.4) is 0 Å². The third-order valence-corrected chi connectivity index (χ3v) is 4.18. The van der Waals surface area contributed by atoms with Gasteiger partial charge in [0, 0.05) is 18.3 Å². The number of nitrogens with one attached hydrogen (secondary N) is 1. The maximum Gasteiger partial charge on any atom is 0.331 e. The van der Waals surface area contributed by atoms with E-state index in [2.05, 4.69) is 10.3 Å². The molecule has 0 saturated carbocycles. The van der Waals surface area contributed by atoms with E-state index in [1.54, 1.807) is 13.0 Å². The van der Waals surface area contributed by atoms with Crippen molar-refractivity contribution in [3.05, 3.63) is 67.8 Å². The molecule has 27 heavy (non-hydrogen) atoms. The van der Waals surface area contributed by atoms with Crippen LogP contribution in [0, 0.1) is 17.0 Å². The summed E-state index contributed by atoms with van der Waals surface area (Å²) in [6, 6.07) is 5.89. The fraction of sp³-hybridized carbons (Fsp3) is 0.118. The first kappa shape index (κ1) is 20.3. The first-order chi connectivity index (χ1) is 12.8. The number of nitro groups is 1. The highest BCUT2D eigenvalue weighted by Crippen LogP contribution is 2.28. The monoisotopic (exact) mass is 409 g/mol. The third kappa shape index (κ3) is 5.50.